The quantitative estimate of drug-likeness (QED) is 0.474. The number of hydrogen-bond donors (Lipinski definition) is 1. The molecule has 0 atom stereocenters. The first-order chi connectivity index (χ1) is 13.0. The topological polar surface area (TPSA) is 56.1 Å². The fourth-order valence-electron chi connectivity index (χ4n) is 3.39. The first-order valence-electron chi connectivity index (χ1n) is 10.2. The van der Waals surface area contributed by atoms with E-state index in [4.69, 9.17) is 0 Å². The number of anilines is 1. The third-order valence-corrected chi connectivity index (χ3v) is 5.06. The number of unbranched alkanes of at least 4 members (excludes halogenated alkanes) is 4. The van der Waals surface area contributed by atoms with Gasteiger partial charge in [-0.2, -0.15) is 0 Å². The van der Waals surface area contributed by atoms with E-state index in [1.165, 1.54) is 19.3 Å². The van der Waals surface area contributed by atoms with E-state index >= 15 is 0 Å². The van der Waals surface area contributed by atoms with Gasteiger partial charge in [0, 0.05) is 37.0 Å². The van der Waals surface area contributed by atoms with Crippen LogP contribution in [0.3, 0.4) is 0 Å². The molecule has 148 valence electrons. The summed E-state index contributed by atoms with van der Waals surface area (Å²) >= 11 is 0. The van der Waals surface area contributed by atoms with Crippen LogP contribution in [0.25, 0.3) is 6.08 Å². The first kappa shape index (κ1) is 21.0. The molecule has 0 spiro atoms. The number of carbonyl (C=O) groups is 1. The second-order valence-electron chi connectivity index (χ2n) is 6.98. The Kier molecular flexibility index (Phi) is 7.89. The molecule has 0 fully saturated rings. The van der Waals surface area contributed by atoms with Crippen LogP contribution >= 0.6 is 0 Å². The standard InChI is InChI=1S/C22H33N3O2/c1-5-8-9-10-11-14-25-17(4)23-20(22(25)27)15-18-12-13-19(16-21(18)26)24(6-2)7-3/h12-13,15-16,26H,5-11,14H2,1-4H3/b20-15-. The van der Waals surface area contributed by atoms with Gasteiger partial charge in [-0.3, -0.25) is 9.69 Å². The Morgan fingerprint density at radius 3 is 2.44 bits per heavy atom. The minimum absolute atomic E-state index is 0.0739. The van der Waals surface area contributed by atoms with Crippen LogP contribution in [0.4, 0.5) is 5.69 Å². The van der Waals surface area contributed by atoms with Gasteiger partial charge in [0.15, 0.2) is 0 Å². The van der Waals surface area contributed by atoms with Gasteiger partial charge >= 0.3 is 0 Å². The summed E-state index contributed by atoms with van der Waals surface area (Å²) in [7, 11) is 0. The predicted molar refractivity (Wildman–Crippen MR) is 113 cm³/mol. The van der Waals surface area contributed by atoms with E-state index < -0.39 is 0 Å². The molecule has 1 aromatic carbocycles. The van der Waals surface area contributed by atoms with Crippen LogP contribution in [0.1, 0.15) is 65.4 Å². The third kappa shape index (κ3) is 5.34. The lowest BCUT2D eigenvalue weighted by atomic mass is 10.1. The second-order valence-corrected chi connectivity index (χ2v) is 6.98. The maximum Gasteiger partial charge on any atom is 0.277 e. The predicted octanol–water partition coefficient (Wildman–Crippen LogP) is 4.81. The van der Waals surface area contributed by atoms with Gasteiger partial charge in [0.05, 0.1) is 0 Å². The van der Waals surface area contributed by atoms with Gasteiger partial charge in [-0.25, -0.2) is 4.99 Å². The fourth-order valence-corrected chi connectivity index (χ4v) is 3.39. The van der Waals surface area contributed by atoms with E-state index in [0.29, 0.717) is 17.8 Å². The monoisotopic (exact) mass is 371 g/mol. The highest BCUT2D eigenvalue weighted by atomic mass is 16.3. The van der Waals surface area contributed by atoms with Gasteiger partial charge in [0.25, 0.3) is 5.91 Å². The Labute approximate surface area is 163 Å². The number of rotatable bonds is 10. The average Bonchev–Trinajstić information content (AvgIpc) is 2.92. The number of phenols is 1. The summed E-state index contributed by atoms with van der Waals surface area (Å²) < 4.78 is 0. The highest BCUT2D eigenvalue weighted by Gasteiger charge is 2.27. The fraction of sp³-hybridized carbons (Fsp3) is 0.545. The second kappa shape index (κ2) is 10.1. The number of amides is 1. The Balaban J connectivity index is 2.07. The number of amidine groups is 1. The van der Waals surface area contributed by atoms with Crippen molar-refractivity contribution < 1.29 is 9.90 Å². The van der Waals surface area contributed by atoms with Crippen LogP contribution < -0.4 is 4.90 Å². The molecule has 1 heterocycles. The minimum Gasteiger partial charge on any atom is -0.507 e. The number of hydrogen-bond acceptors (Lipinski definition) is 4. The van der Waals surface area contributed by atoms with Crippen molar-refractivity contribution in [3.63, 3.8) is 0 Å². The van der Waals surface area contributed by atoms with E-state index in [-0.39, 0.29) is 11.7 Å². The summed E-state index contributed by atoms with van der Waals surface area (Å²) in [5.41, 5.74) is 1.99. The Bertz CT molecular complexity index is 706. The number of benzene rings is 1. The van der Waals surface area contributed by atoms with Crippen molar-refractivity contribution in [2.24, 2.45) is 4.99 Å². The highest BCUT2D eigenvalue weighted by Crippen LogP contribution is 2.28. The molecular formula is C22H33N3O2. The molecule has 1 aliphatic heterocycles. The molecule has 1 amide bonds. The van der Waals surface area contributed by atoms with Crippen molar-refractivity contribution in [1.82, 2.24) is 4.90 Å². The summed E-state index contributed by atoms with van der Waals surface area (Å²) in [6.45, 7) is 10.7. The first-order valence-corrected chi connectivity index (χ1v) is 10.2. The van der Waals surface area contributed by atoms with Gasteiger partial charge in [0.1, 0.15) is 17.3 Å². The minimum atomic E-state index is -0.0739. The lowest BCUT2D eigenvalue weighted by Crippen LogP contribution is -2.31. The molecule has 0 radical (unpaired) electrons. The zero-order valence-corrected chi connectivity index (χ0v) is 17.2. The molecule has 0 aliphatic carbocycles. The smallest absolute Gasteiger partial charge is 0.277 e. The molecule has 27 heavy (non-hydrogen) atoms. The average molecular weight is 372 g/mol. The van der Waals surface area contributed by atoms with Gasteiger partial charge in [-0.05, 0) is 45.4 Å². The molecular weight excluding hydrogens is 338 g/mol. The lowest BCUT2D eigenvalue weighted by molar-refractivity contribution is -0.122. The SMILES string of the molecule is CCCCCCCN1C(=O)/C(=C/c2ccc(N(CC)CC)cc2O)N=C1C. The molecule has 0 saturated heterocycles. The lowest BCUT2D eigenvalue weighted by Gasteiger charge is -2.21. The molecule has 0 saturated carbocycles. The molecule has 1 N–H and O–H groups in total. The van der Waals surface area contributed by atoms with E-state index in [1.54, 1.807) is 17.0 Å². The number of aliphatic imine (C=N–C) groups is 1. The molecule has 1 aromatic rings. The maximum absolute atomic E-state index is 12.7. The summed E-state index contributed by atoms with van der Waals surface area (Å²) in [6.07, 6.45) is 7.49. The van der Waals surface area contributed by atoms with Crippen molar-refractivity contribution in [1.29, 1.82) is 0 Å². The van der Waals surface area contributed by atoms with E-state index in [9.17, 15) is 9.90 Å². The molecule has 5 nitrogen and oxygen atoms in total. The van der Waals surface area contributed by atoms with E-state index in [1.807, 2.05) is 19.1 Å². The summed E-state index contributed by atoms with van der Waals surface area (Å²) in [6, 6.07) is 5.57. The number of carbonyl (C=O) groups excluding carboxylic acids is 1. The molecule has 1 aliphatic rings. The van der Waals surface area contributed by atoms with Crippen LogP contribution in [0, 0.1) is 0 Å². The van der Waals surface area contributed by atoms with E-state index in [0.717, 1.165) is 37.5 Å². The van der Waals surface area contributed by atoms with Crippen LogP contribution in [-0.2, 0) is 4.79 Å². The Morgan fingerprint density at radius 2 is 1.81 bits per heavy atom. The van der Waals surface area contributed by atoms with Crippen LogP contribution in [0.2, 0.25) is 0 Å². The maximum atomic E-state index is 12.7. The Hall–Kier alpha value is -2.30. The van der Waals surface area contributed by atoms with Crippen molar-refractivity contribution in [3.8, 4) is 5.75 Å². The normalized spacial score (nSPS) is 15.6. The molecule has 0 bridgehead atoms. The summed E-state index contributed by atoms with van der Waals surface area (Å²) in [5, 5.41) is 10.4. The summed E-state index contributed by atoms with van der Waals surface area (Å²) in [4.78, 5) is 21.0. The van der Waals surface area contributed by atoms with Gasteiger partial charge < -0.3 is 10.0 Å². The van der Waals surface area contributed by atoms with Gasteiger partial charge in [-0.15, -0.1) is 0 Å². The Morgan fingerprint density at radius 1 is 1.11 bits per heavy atom. The van der Waals surface area contributed by atoms with E-state index in [2.05, 4.69) is 30.7 Å². The number of phenolic OH excluding ortho intramolecular Hbond substituents is 1. The largest absolute Gasteiger partial charge is 0.507 e. The molecule has 5 heteroatoms. The summed E-state index contributed by atoms with van der Waals surface area (Å²) in [5.74, 6) is 0.835. The molecule has 0 aromatic heterocycles. The van der Waals surface area contributed by atoms with Gasteiger partial charge in [0.2, 0.25) is 0 Å². The third-order valence-electron chi connectivity index (χ3n) is 5.06. The number of aromatic hydroxyl groups is 1. The number of nitrogens with zero attached hydrogens (tertiary/aromatic N) is 3. The van der Waals surface area contributed by atoms with Crippen molar-refractivity contribution >= 4 is 23.5 Å². The van der Waals surface area contributed by atoms with Crippen molar-refractivity contribution in [2.75, 3.05) is 24.5 Å². The highest BCUT2D eigenvalue weighted by molar-refractivity contribution is 6.13. The van der Waals surface area contributed by atoms with Crippen molar-refractivity contribution in [2.45, 2.75) is 59.8 Å². The van der Waals surface area contributed by atoms with Crippen molar-refractivity contribution in [3.05, 3.63) is 29.5 Å². The molecule has 0 unspecified atom stereocenters. The van der Waals surface area contributed by atoms with Crippen LogP contribution in [-0.4, -0.2) is 41.4 Å². The van der Waals surface area contributed by atoms with Crippen LogP contribution in [0.5, 0.6) is 5.75 Å². The zero-order valence-electron chi connectivity index (χ0n) is 17.2. The molecule has 2 rings (SSSR count). The van der Waals surface area contributed by atoms with Gasteiger partial charge in [-0.1, -0.05) is 32.6 Å². The zero-order chi connectivity index (χ0) is 19.8. The van der Waals surface area contributed by atoms with Crippen LogP contribution in [0.15, 0.2) is 28.9 Å².